The normalized spacial score (nSPS) is 12.0. The number of anilines is 1. The lowest BCUT2D eigenvalue weighted by Crippen LogP contribution is -2.11. The highest BCUT2D eigenvalue weighted by atomic mass is 16.3. The van der Waals surface area contributed by atoms with Crippen molar-refractivity contribution in [3.8, 4) is 0 Å². The Morgan fingerprint density at radius 2 is 2.00 bits per heavy atom. The number of imidazole rings is 1. The van der Waals surface area contributed by atoms with Gasteiger partial charge in [-0.1, -0.05) is 18.2 Å². The molecule has 7 nitrogen and oxygen atoms in total. The predicted molar refractivity (Wildman–Crippen MR) is 105 cm³/mol. The first-order chi connectivity index (χ1) is 13.0. The van der Waals surface area contributed by atoms with Crippen LogP contribution in [0.1, 0.15) is 35.5 Å². The summed E-state index contributed by atoms with van der Waals surface area (Å²) in [7, 11) is 0. The van der Waals surface area contributed by atoms with Crippen molar-refractivity contribution in [2.45, 2.75) is 20.3 Å². The molecule has 0 unspecified atom stereocenters. The first kappa shape index (κ1) is 16.8. The molecule has 0 aliphatic rings. The smallest absolute Gasteiger partial charge is 0.272 e. The maximum absolute atomic E-state index is 11.9. The number of allylic oxidation sites excluding steroid dienone is 1. The fourth-order valence-corrected chi connectivity index (χ4v) is 3.07. The van der Waals surface area contributed by atoms with Crippen LogP contribution in [0.15, 0.2) is 45.6 Å². The van der Waals surface area contributed by atoms with Crippen LogP contribution in [0.2, 0.25) is 0 Å². The van der Waals surface area contributed by atoms with Crippen molar-refractivity contribution in [2.75, 3.05) is 5.73 Å². The lowest BCUT2D eigenvalue weighted by molar-refractivity contribution is 0.507. The van der Waals surface area contributed by atoms with E-state index in [4.69, 9.17) is 10.2 Å². The van der Waals surface area contributed by atoms with Crippen LogP contribution in [0.25, 0.3) is 22.4 Å². The van der Waals surface area contributed by atoms with E-state index in [-0.39, 0.29) is 5.56 Å². The topological polar surface area (TPSA) is 114 Å². The Balaban J connectivity index is 1.63. The van der Waals surface area contributed by atoms with Gasteiger partial charge in [-0.05, 0) is 43.7 Å². The summed E-state index contributed by atoms with van der Waals surface area (Å²) in [6, 6.07) is 11.3. The monoisotopic (exact) mass is 361 g/mol. The molecule has 0 atom stereocenters. The van der Waals surface area contributed by atoms with Crippen LogP contribution in [-0.2, 0) is 6.42 Å². The summed E-state index contributed by atoms with van der Waals surface area (Å²) in [5, 5.41) is 8.20. The van der Waals surface area contributed by atoms with Gasteiger partial charge in [0, 0.05) is 11.1 Å². The van der Waals surface area contributed by atoms with Crippen LogP contribution in [0, 0.1) is 6.92 Å². The second-order valence-electron chi connectivity index (χ2n) is 6.45. The lowest BCUT2D eigenvalue weighted by Gasteiger charge is -2.03. The quantitative estimate of drug-likeness (QED) is 0.516. The minimum Gasteiger partial charge on any atom is -0.461 e. The van der Waals surface area contributed by atoms with Gasteiger partial charge >= 0.3 is 0 Å². The van der Waals surface area contributed by atoms with E-state index in [1.807, 2.05) is 50.3 Å². The minimum absolute atomic E-state index is 0.193. The number of aromatic amines is 2. The van der Waals surface area contributed by atoms with Crippen LogP contribution in [0.3, 0.4) is 0 Å². The number of nitrogens with one attached hydrogen (secondary N) is 2. The fraction of sp³-hybridized carbons (Fsp3) is 0.150. The number of aromatic nitrogens is 4. The van der Waals surface area contributed by atoms with Crippen LogP contribution < -0.4 is 11.3 Å². The van der Waals surface area contributed by atoms with Crippen LogP contribution >= 0.6 is 0 Å². The SMILES string of the molecule is C/C(=C\c1nc(N)[nH]c1C)c1ccc(Cc2n[nH]c(=O)c3ccccc23)o1. The summed E-state index contributed by atoms with van der Waals surface area (Å²) in [5.74, 6) is 1.91. The van der Waals surface area contributed by atoms with E-state index in [0.717, 1.165) is 39.6 Å². The number of H-pyrrole nitrogens is 2. The Bertz CT molecular complexity index is 1210. The molecular weight excluding hydrogens is 342 g/mol. The highest BCUT2D eigenvalue weighted by molar-refractivity contribution is 5.83. The van der Waals surface area contributed by atoms with Gasteiger partial charge in [-0.3, -0.25) is 4.79 Å². The Morgan fingerprint density at radius 1 is 1.22 bits per heavy atom. The molecule has 0 bridgehead atoms. The molecule has 4 aromatic rings. The summed E-state index contributed by atoms with van der Waals surface area (Å²) in [6.07, 6.45) is 2.41. The van der Waals surface area contributed by atoms with Gasteiger partial charge in [0.25, 0.3) is 5.56 Å². The van der Waals surface area contributed by atoms with Gasteiger partial charge in [-0.25, -0.2) is 10.1 Å². The Kier molecular flexibility index (Phi) is 4.12. The lowest BCUT2D eigenvalue weighted by atomic mass is 10.1. The third-order valence-electron chi connectivity index (χ3n) is 4.46. The number of hydrogen-bond donors (Lipinski definition) is 3. The van der Waals surface area contributed by atoms with Gasteiger partial charge in [0.1, 0.15) is 11.5 Å². The van der Waals surface area contributed by atoms with E-state index in [1.54, 1.807) is 6.07 Å². The highest BCUT2D eigenvalue weighted by Gasteiger charge is 2.11. The van der Waals surface area contributed by atoms with Crippen LogP contribution in [-0.4, -0.2) is 20.2 Å². The Labute approximate surface area is 154 Å². The number of rotatable bonds is 4. The molecular formula is C20H19N5O2. The number of nitrogen functional groups attached to an aromatic ring is 1. The summed E-state index contributed by atoms with van der Waals surface area (Å²) in [5.41, 5.74) is 8.90. The molecule has 0 saturated heterocycles. The zero-order valence-corrected chi connectivity index (χ0v) is 15.0. The van der Waals surface area contributed by atoms with Crippen molar-refractivity contribution in [3.63, 3.8) is 0 Å². The number of fused-ring (bicyclic) bond motifs is 1. The maximum Gasteiger partial charge on any atom is 0.272 e. The zero-order chi connectivity index (χ0) is 19.0. The van der Waals surface area contributed by atoms with Crippen molar-refractivity contribution in [1.29, 1.82) is 0 Å². The van der Waals surface area contributed by atoms with Gasteiger partial charge in [0.15, 0.2) is 5.95 Å². The van der Waals surface area contributed by atoms with Gasteiger partial charge in [-0.2, -0.15) is 5.10 Å². The van der Waals surface area contributed by atoms with Crippen molar-refractivity contribution in [3.05, 3.63) is 75.4 Å². The average Bonchev–Trinajstić information content (AvgIpc) is 3.24. The summed E-state index contributed by atoms with van der Waals surface area (Å²) in [4.78, 5) is 19.1. The molecule has 0 fully saturated rings. The van der Waals surface area contributed by atoms with E-state index < -0.39 is 0 Å². The van der Waals surface area contributed by atoms with Gasteiger partial charge in [0.2, 0.25) is 0 Å². The maximum atomic E-state index is 11.9. The second kappa shape index (κ2) is 6.60. The number of nitrogens with two attached hydrogens (primary N) is 1. The minimum atomic E-state index is -0.193. The predicted octanol–water partition coefficient (Wildman–Crippen LogP) is 3.28. The standard InChI is InChI=1S/C20H19N5O2/c1-11(9-16-12(2)22-20(21)23-16)18-8-7-13(27-18)10-17-14-5-3-4-6-15(14)19(26)25-24-17/h3-9H,10H2,1-2H3,(H,25,26)(H3,21,22,23)/b11-9+. The first-order valence-electron chi connectivity index (χ1n) is 8.57. The van der Waals surface area contributed by atoms with Crippen LogP contribution in [0.5, 0.6) is 0 Å². The Hall–Kier alpha value is -3.61. The van der Waals surface area contributed by atoms with Crippen LogP contribution in [0.4, 0.5) is 5.95 Å². The van der Waals surface area contributed by atoms with Crippen molar-refractivity contribution in [1.82, 2.24) is 20.2 Å². The molecule has 7 heteroatoms. The third kappa shape index (κ3) is 3.27. The number of benzene rings is 1. The van der Waals surface area contributed by atoms with E-state index in [9.17, 15) is 4.79 Å². The van der Waals surface area contributed by atoms with Crippen molar-refractivity contribution >= 4 is 28.4 Å². The molecule has 136 valence electrons. The zero-order valence-electron chi connectivity index (χ0n) is 15.0. The van der Waals surface area contributed by atoms with E-state index in [2.05, 4.69) is 20.2 Å². The number of furan rings is 1. The fourth-order valence-electron chi connectivity index (χ4n) is 3.07. The van der Waals surface area contributed by atoms with Gasteiger partial charge in [0.05, 0.1) is 23.2 Å². The van der Waals surface area contributed by atoms with E-state index in [1.165, 1.54) is 0 Å². The molecule has 1 aromatic carbocycles. The summed E-state index contributed by atoms with van der Waals surface area (Å²) in [6.45, 7) is 3.88. The molecule has 3 heterocycles. The number of nitrogens with zero attached hydrogens (tertiary/aromatic N) is 2. The van der Waals surface area contributed by atoms with Gasteiger partial charge in [-0.15, -0.1) is 0 Å². The average molecular weight is 361 g/mol. The molecule has 3 aromatic heterocycles. The molecule has 0 aliphatic heterocycles. The summed E-state index contributed by atoms with van der Waals surface area (Å²) >= 11 is 0. The summed E-state index contributed by atoms with van der Waals surface area (Å²) < 4.78 is 5.98. The molecule has 0 radical (unpaired) electrons. The Morgan fingerprint density at radius 3 is 2.74 bits per heavy atom. The molecule has 4 rings (SSSR count). The molecule has 27 heavy (non-hydrogen) atoms. The van der Waals surface area contributed by atoms with Crippen molar-refractivity contribution in [2.24, 2.45) is 0 Å². The molecule has 0 aliphatic carbocycles. The van der Waals surface area contributed by atoms with E-state index >= 15 is 0 Å². The van der Waals surface area contributed by atoms with Gasteiger partial charge < -0.3 is 15.1 Å². The number of aryl methyl sites for hydroxylation is 1. The highest BCUT2D eigenvalue weighted by Crippen LogP contribution is 2.23. The first-order valence-corrected chi connectivity index (χ1v) is 8.57. The van der Waals surface area contributed by atoms with E-state index in [0.29, 0.717) is 17.8 Å². The second-order valence-corrected chi connectivity index (χ2v) is 6.45. The van der Waals surface area contributed by atoms with Crippen molar-refractivity contribution < 1.29 is 4.42 Å². The largest absolute Gasteiger partial charge is 0.461 e. The molecule has 0 amide bonds. The molecule has 4 N–H and O–H groups in total. The molecule has 0 saturated carbocycles. The number of hydrogen-bond acceptors (Lipinski definition) is 5. The third-order valence-corrected chi connectivity index (χ3v) is 4.46. The molecule has 0 spiro atoms.